The Balaban J connectivity index is 1.61. The first kappa shape index (κ1) is 16.6. The van der Waals surface area contributed by atoms with Gasteiger partial charge in [-0.25, -0.2) is 4.99 Å². The molecular formula is C18H23N3O2S. The van der Waals surface area contributed by atoms with Crippen molar-refractivity contribution >= 4 is 17.3 Å². The van der Waals surface area contributed by atoms with E-state index >= 15 is 0 Å². The number of guanidine groups is 1. The lowest BCUT2D eigenvalue weighted by molar-refractivity contribution is 0.297. The predicted octanol–water partition coefficient (Wildman–Crippen LogP) is 3.16. The van der Waals surface area contributed by atoms with Gasteiger partial charge in [0.05, 0.1) is 19.8 Å². The fraction of sp³-hybridized carbons (Fsp3) is 0.389. The van der Waals surface area contributed by atoms with Crippen LogP contribution in [0.15, 0.2) is 40.0 Å². The Morgan fingerprint density at radius 1 is 1.12 bits per heavy atom. The maximum absolute atomic E-state index is 5.74. The average molecular weight is 345 g/mol. The molecule has 1 aliphatic rings. The normalized spacial score (nSPS) is 14.1. The number of nitrogens with zero attached hydrogens (tertiary/aromatic N) is 1. The number of ether oxygens (including phenoxy) is 2. The van der Waals surface area contributed by atoms with E-state index in [1.165, 1.54) is 5.56 Å². The van der Waals surface area contributed by atoms with Crippen molar-refractivity contribution in [2.75, 3.05) is 19.8 Å². The Morgan fingerprint density at radius 3 is 2.79 bits per heavy atom. The Hall–Kier alpha value is -2.21. The fourth-order valence-corrected chi connectivity index (χ4v) is 3.06. The van der Waals surface area contributed by atoms with Gasteiger partial charge in [0.2, 0.25) is 0 Å². The van der Waals surface area contributed by atoms with E-state index in [-0.39, 0.29) is 0 Å². The van der Waals surface area contributed by atoms with Gasteiger partial charge in [-0.1, -0.05) is 6.07 Å². The summed E-state index contributed by atoms with van der Waals surface area (Å²) in [6.45, 7) is 5.68. The minimum Gasteiger partial charge on any atom is -0.490 e. The van der Waals surface area contributed by atoms with Crippen molar-refractivity contribution in [3.63, 3.8) is 0 Å². The van der Waals surface area contributed by atoms with E-state index in [1.807, 2.05) is 12.1 Å². The molecule has 1 aliphatic heterocycles. The number of thiophene rings is 1. The number of rotatable bonds is 5. The van der Waals surface area contributed by atoms with Crippen LogP contribution in [0.5, 0.6) is 11.5 Å². The van der Waals surface area contributed by atoms with Gasteiger partial charge < -0.3 is 20.1 Å². The van der Waals surface area contributed by atoms with E-state index in [0.29, 0.717) is 26.3 Å². The summed E-state index contributed by atoms with van der Waals surface area (Å²) in [6, 6.07) is 8.17. The highest BCUT2D eigenvalue weighted by Gasteiger charge is 2.10. The van der Waals surface area contributed by atoms with E-state index < -0.39 is 0 Å². The van der Waals surface area contributed by atoms with Crippen LogP contribution in [-0.4, -0.2) is 25.7 Å². The van der Waals surface area contributed by atoms with Gasteiger partial charge >= 0.3 is 0 Å². The minimum absolute atomic E-state index is 0.681. The largest absolute Gasteiger partial charge is 0.490 e. The van der Waals surface area contributed by atoms with Crippen LogP contribution in [0.2, 0.25) is 0 Å². The summed E-state index contributed by atoms with van der Waals surface area (Å²) in [6.07, 6.45) is 0.919. The number of fused-ring (bicyclic) bond motifs is 1. The molecule has 5 nitrogen and oxygen atoms in total. The Labute approximate surface area is 146 Å². The third kappa shape index (κ3) is 4.64. The van der Waals surface area contributed by atoms with Crippen molar-refractivity contribution in [3.8, 4) is 11.5 Å². The summed E-state index contributed by atoms with van der Waals surface area (Å²) in [4.78, 5) is 4.62. The SMILES string of the molecule is CCNC(=NCc1ccsc1)NCc1ccc2c(c1)OCCCO2. The van der Waals surface area contributed by atoms with Crippen LogP contribution in [0, 0.1) is 0 Å². The van der Waals surface area contributed by atoms with Crippen molar-refractivity contribution in [1.29, 1.82) is 0 Å². The summed E-state index contributed by atoms with van der Waals surface area (Å²) in [7, 11) is 0. The van der Waals surface area contributed by atoms with Gasteiger partial charge in [0.15, 0.2) is 17.5 Å². The van der Waals surface area contributed by atoms with Crippen molar-refractivity contribution < 1.29 is 9.47 Å². The Morgan fingerprint density at radius 2 is 2.00 bits per heavy atom. The molecule has 0 saturated heterocycles. The van der Waals surface area contributed by atoms with E-state index in [0.717, 1.165) is 36.0 Å². The van der Waals surface area contributed by atoms with Crippen LogP contribution in [0.25, 0.3) is 0 Å². The second kappa shape index (κ2) is 8.59. The molecule has 0 amide bonds. The van der Waals surface area contributed by atoms with Crippen molar-refractivity contribution in [2.45, 2.75) is 26.4 Å². The minimum atomic E-state index is 0.681. The number of benzene rings is 1. The topological polar surface area (TPSA) is 54.9 Å². The van der Waals surface area contributed by atoms with E-state index in [2.05, 4.69) is 45.4 Å². The maximum atomic E-state index is 5.74. The standard InChI is InChI=1S/C18H23N3O2S/c1-2-19-18(21-12-15-6-9-24-13-15)20-11-14-4-5-16-17(10-14)23-8-3-7-22-16/h4-6,9-10,13H,2-3,7-8,11-12H2,1H3,(H2,19,20,21). The summed E-state index contributed by atoms with van der Waals surface area (Å²) in [5.74, 6) is 2.47. The molecule has 1 aromatic carbocycles. The fourth-order valence-electron chi connectivity index (χ4n) is 2.40. The molecule has 24 heavy (non-hydrogen) atoms. The zero-order valence-electron chi connectivity index (χ0n) is 13.9. The zero-order valence-corrected chi connectivity index (χ0v) is 14.7. The van der Waals surface area contributed by atoms with Crippen LogP contribution in [0.4, 0.5) is 0 Å². The molecule has 6 heteroatoms. The highest BCUT2D eigenvalue weighted by atomic mass is 32.1. The lowest BCUT2D eigenvalue weighted by Gasteiger charge is -2.13. The summed E-state index contributed by atoms with van der Waals surface area (Å²) in [5.41, 5.74) is 2.37. The van der Waals surface area contributed by atoms with Gasteiger partial charge in [0.25, 0.3) is 0 Å². The van der Waals surface area contributed by atoms with Crippen molar-refractivity contribution in [3.05, 3.63) is 46.2 Å². The van der Waals surface area contributed by atoms with Gasteiger partial charge in [-0.15, -0.1) is 0 Å². The molecule has 0 spiro atoms. The molecule has 0 aliphatic carbocycles. The highest BCUT2D eigenvalue weighted by Crippen LogP contribution is 2.30. The summed E-state index contributed by atoms with van der Waals surface area (Å²) < 4.78 is 11.4. The molecule has 1 aromatic heterocycles. The van der Waals surface area contributed by atoms with E-state index in [1.54, 1.807) is 11.3 Å². The van der Waals surface area contributed by atoms with E-state index in [9.17, 15) is 0 Å². The third-order valence-electron chi connectivity index (χ3n) is 3.62. The molecule has 128 valence electrons. The first-order valence-electron chi connectivity index (χ1n) is 8.27. The second-order valence-corrected chi connectivity index (χ2v) is 6.29. The summed E-state index contributed by atoms with van der Waals surface area (Å²) in [5, 5.41) is 10.8. The highest BCUT2D eigenvalue weighted by molar-refractivity contribution is 7.07. The predicted molar refractivity (Wildman–Crippen MR) is 98.0 cm³/mol. The lowest BCUT2D eigenvalue weighted by Crippen LogP contribution is -2.36. The quantitative estimate of drug-likeness (QED) is 0.646. The van der Waals surface area contributed by atoms with Crippen molar-refractivity contribution in [1.82, 2.24) is 10.6 Å². The molecule has 0 bridgehead atoms. The number of hydrogen-bond donors (Lipinski definition) is 2. The first-order valence-corrected chi connectivity index (χ1v) is 9.21. The van der Waals surface area contributed by atoms with Crippen LogP contribution in [-0.2, 0) is 13.1 Å². The lowest BCUT2D eigenvalue weighted by atomic mass is 10.2. The van der Waals surface area contributed by atoms with Crippen molar-refractivity contribution in [2.24, 2.45) is 4.99 Å². The number of nitrogens with one attached hydrogen (secondary N) is 2. The molecule has 0 radical (unpaired) electrons. The van der Waals surface area contributed by atoms with Gasteiger partial charge in [0, 0.05) is 19.5 Å². The Bertz CT molecular complexity index is 671. The Kier molecular flexibility index (Phi) is 5.96. The molecule has 2 heterocycles. The molecule has 2 N–H and O–H groups in total. The second-order valence-electron chi connectivity index (χ2n) is 5.51. The monoisotopic (exact) mass is 345 g/mol. The van der Waals surface area contributed by atoms with Crippen LogP contribution in [0.3, 0.4) is 0 Å². The van der Waals surface area contributed by atoms with Gasteiger partial charge in [-0.05, 0) is 47.0 Å². The molecule has 2 aromatic rings. The number of hydrogen-bond acceptors (Lipinski definition) is 4. The molecule has 3 rings (SSSR count). The average Bonchev–Trinajstić information content (AvgIpc) is 3.01. The van der Waals surface area contributed by atoms with Gasteiger partial charge in [-0.3, -0.25) is 0 Å². The molecule has 0 fully saturated rings. The van der Waals surface area contributed by atoms with Gasteiger partial charge in [-0.2, -0.15) is 11.3 Å². The van der Waals surface area contributed by atoms with Crippen LogP contribution in [0.1, 0.15) is 24.5 Å². The smallest absolute Gasteiger partial charge is 0.191 e. The van der Waals surface area contributed by atoms with Gasteiger partial charge in [0.1, 0.15) is 0 Å². The molecular weight excluding hydrogens is 322 g/mol. The molecule has 0 unspecified atom stereocenters. The summed E-state index contributed by atoms with van der Waals surface area (Å²) >= 11 is 1.69. The first-order chi connectivity index (χ1) is 11.8. The zero-order chi connectivity index (χ0) is 16.6. The molecule has 0 atom stereocenters. The van der Waals surface area contributed by atoms with Crippen LogP contribution < -0.4 is 20.1 Å². The van der Waals surface area contributed by atoms with E-state index in [4.69, 9.17) is 9.47 Å². The third-order valence-corrected chi connectivity index (χ3v) is 4.35. The number of aliphatic imine (C=N–C) groups is 1. The van der Waals surface area contributed by atoms with Crippen LogP contribution >= 0.6 is 11.3 Å². The molecule has 0 saturated carbocycles. The maximum Gasteiger partial charge on any atom is 0.191 e.